The fourth-order valence-electron chi connectivity index (χ4n) is 1.01. The molecule has 8 heteroatoms. The van der Waals surface area contributed by atoms with Crippen LogP contribution in [0.25, 0.3) is 0 Å². The van der Waals surface area contributed by atoms with E-state index in [0.29, 0.717) is 36.3 Å². The van der Waals surface area contributed by atoms with Gasteiger partial charge in [0.15, 0.2) is 5.75 Å². The van der Waals surface area contributed by atoms with Crippen LogP contribution in [0, 0.1) is 0 Å². The minimum atomic E-state index is 0.301. The number of nitrogens with zero attached hydrogens (tertiary/aromatic N) is 2. The van der Waals surface area contributed by atoms with Gasteiger partial charge < -0.3 is 4.74 Å². The first-order valence-corrected chi connectivity index (χ1v) is 7.21. The summed E-state index contributed by atoms with van der Waals surface area (Å²) >= 11 is 22.1. The van der Waals surface area contributed by atoms with E-state index in [1.807, 2.05) is 0 Å². The number of ether oxygens (including phenoxy) is 1. The van der Waals surface area contributed by atoms with Crippen LogP contribution < -0.4 is 4.74 Å². The Balaban J connectivity index is 2.26. The van der Waals surface area contributed by atoms with E-state index < -0.39 is 0 Å². The average Bonchev–Trinajstić information content (AvgIpc) is 2.73. The molecule has 0 saturated heterocycles. The molecule has 17 heavy (non-hydrogen) atoms. The van der Waals surface area contributed by atoms with Crippen LogP contribution in [-0.4, -0.2) is 10.2 Å². The average molecular weight is 374 g/mol. The van der Waals surface area contributed by atoms with E-state index in [2.05, 4.69) is 26.1 Å². The number of alkyl halides is 1. The third-order valence-corrected chi connectivity index (χ3v) is 4.44. The summed E-state index contributed by atoms with van der Waals surface area (Å²) in [5.41, 5.74) is 0. The first kappa shape index (κ1) is 13.4. The standard InChI is InChI=1S/C9H4BrCl3N2OS/c10-4-1-6(13)7(2-5(4)12)16-9-15-14-8(3-11)17-9/h1-2H,3H2. The fourth-order valence-corrected chi connectivity index (χ4v) is 2.61. The van der Waals surface area contributed by atoms with Crippen molar-refractivity contribution in [2.45, 2.75) is 5.88 Å². The topological polar surface area (TPSA) is 35.0 Å². The van der Waals surface area contributed by atoms with Crippen molar-refractivity contribution in [1.82, 2.24) is 10.2 Å². The highest BCUT2D eigenvalue weighted by Crippen LogP contribution is 2.37. The lowest BCUT2D eigenvalue weighted by Crippen LogP contribution is -1.85. The first-order valence-electron chi connectivity index (χ1n) is 4.31. The zero-order valence-corrected chi connectivity index (χ0v) is 12.8. The van der Waals surface area contributed by atoms with E-state index in [1.165, 1.54) is 11.3 Å². The van der Waals surface area contributed by atoms with Crippen LogP contribution in [0.4, 0.5) is 0 Å². The molecule has 0 aliphatic carbocycles. The zero-order chi connectivity index (χ0) is 12.4. The van der Waals surface area contributed by atoms with Gasteiger partial charge in [-0.15, -0.1) is 16.7 Å². The predicted octanol–water partition coefficient (Wildman–Crippen LogP) is 5.14. The molecule has 0 fully saturated rings. The molecule has 0 amide bonds. The van der Waals surface area contributed by atoms with Gasteiger partial charge in [0.2, 0.25) is 0 Å². The van der Waals surface area contributed by atoms with Gasteiger partial charge in [-0.25, -0.2) is 0 Å². The van der Waals surface area contributed by atoms with Crippen LogP contribution in [0.15, 0.2) is 16.6 Å². The number of benzene rings is 1. The highest BCUT2D eigenvalue weighted by Gasteiger charge is 2.11. The lowest BCUT2D eigenvalue weighted by atomic mass is 10.3. The molecule has 1 aromatic heterocycles. The molecular weight excluding hydrogens is 370 g/mol. The van der Waals surface area contributed by atoms with Crippen LogP contribution in [0.5, 0.6) is 10.9 Å². The molecule has 1 heterocycles. The minimum Gasteiger partial charge on any atom is -0.428 e. The lowest BCUT2D eigenvalue weighted by molar-refractivity contribution is 0.473. The molecule has 0 radical (unpaired) electrons. The Hall–Kier alpha value is -0.0700. The molecule has 0 N–H and O–H groups in total. The van der Waals surface area contributed by atoms with E-state index in [1.54, 1.807) is 12.1 Å². The Bertz CT molecular complexity index is 549. The van der Waals surface area contributed by atoms with Gasteiger partial charge >= 0.3 is 0 Å². The van der Waals surface area contributed by atoms with Crippen molar-refractivity contribution in [3.05, 3.63) is 31.7 Å². The summed E-state index contributed by atoms with van der Waals surface area (Å²) in [7, 11) is 0. The molecule has 2 rings (SSSR count). The number of hydrogen-bond acceptors (Lipinski definition) is 4. The molecule has 2 aromatic rings. The van der Waals surface area contributed by atoms with Crippen LogP contribution in [0.1, 0.15) is 5.01 Å². The van der Waals surface area contributed by atoms with Crippen LogP contribution in [0.3, 0.4) is 0 Å². The first-order chi connectivity index (χ1) is 8.10. The Morgan fingerprint density at radius 2 is 2.00 bits per heavy atom. The molecule has 1 aromatic carbocycles. The molecule has 0 bridgehead atoms. The van der Waals surface area contributed by atoms with Crippen molar-refractivity contribution in [2.24, 2.45) is 0 Å². The summed E-state index contributed by atoms with van der Waals surface area (Å²) in [4.78, 5) is 0. The normalized spacial score (nSPS) is 10.6. The van der Waals surface area contributed by atoms with E-state index >= 15 is 0 Å². The Morgan fingerprint density at radius 3 is 2.65 bits per heavy atom. The Morgan fingerprint density at radius 1 is 1.24 bits per heavy atom. The van der Waals surface area contributed by atoms with Gasteiger partial charge in [-0.05, 0) is 22.0 Å². The summed E-state index contributed by atoms with van der Waals surface area (Å²) in [5, 5.41) is 9.65. The predicted molar refractivity (Wildman–Crippen MR) is 73.7 cm³/mol. The highest BCUT2D eigenvalue weighted by atomic mass is 79.9. The SMILES string of the molecule is ClCc1nnc(Oc2cc(Cl)c(Br)cc2Cl)s1. The van der Waals surface area contributed by atoms with Crippen molar-refractivity contribution in [1.29, 1.82) is 0 Å². The summed E-state index contributed by atoms with van der Waals surface area (Å²) < 4.78 is 6.18. The van der Waals surface area contributed by atoms with Gasteiger partial charge in [-0.3, -0.25) is 0 Å². The summed E-state index contributed by atoms with van der Waals surface area (Å²) in [6.07, 6.45) is 0. The van der Waals surface area contributed by atoms with E-state index in [4.69, 9.17) is 39.5 Å². The van der Waals surface area contributed by atoms with Gasteiger partial charge in [0.25, 0.3) is 5.19 Å². The molecular formula is C9H4BrCl3N2OS. The number of hydrogen-bond donors (Lipinski definition) is 0. The maximum absolute atomic E-state index is 6.01. The van der Waals surface area contributed by atoms with E-state index in [-0.39, 0.29) is 0 Å². The number of halogens is 4. The third-order valence-electron chi connectivity index (χ3n) is 1.73. The van der Waals surface area contributed by atoms with Gasteiger partial charge in [-0.1, -0.05) is 39.6 Å². The second-order valence-corrected chi connectivity index (χ2v) is 5.85. The molecule has 90 valence electrons. The lowest BCUT2D eigenvalue weighted by Gasteiger charge is -2.05. The summed E-state index contributed by atoms with van der Waals surface area (Å²) in [6.45, 7) is 0. The molecule has 0 atom stereocenters. The minimum absolute atomic E-state index is 0.301. The van der Waals surface area contributed by atoms with Gasteiger partial charge in [-0.2, -0.15) is 0 Å². The highest BCUT2D eigenvalue weighted by molar-refractivity contribution is 9.10. The quantitative estimate of drug-likeness (QED) is 0.551. The maximum Gasteiger partial charge on any atom is 0.299 e. The molecule has 0 spiro atoms. The summed E-state index contributed by atoms with van der Waals surface area (Å²) in [5.74, 6) is 0.729. The molecule has 3 nitrogen and oxygen atoms in total. The van der Waals surface area contributed by atoms with Crippen LogP contribution in [-0.2, 0) is 5.88 Å². The Kier molecular flexibility index (Phi) is 4.49. The van der Waals surface area contributed by atoms with Gasteiger partial charge in [0, 0.05) is 10.5 Å². The second kappa shape index (κ2) is 5.71. The van der Waals surface area contributed by atoms with Crippen molar-refractivity contribution in [2.75, 3.05) is 0 Å². The van der Waals surface area contributed by atoms with Crippen LogP contribution >= 0.6 is 62.1 Å². The van der Waals surface area contributed by atoms with Crippen molar-refractivity contribution in [3.63, 3.8) is 0 Å². The number of rotatable bonds is 3. The zero-order valence-electron chi connectivity index (χ0n) is 8.08. The smallest absolute Gasteiger partial charge is 0.299 e. The molecule has 0 aliphatic rings. The van der Waals surface area contributed by atoms with Crippen LogP contribution in [0.2, 0.25) is 10.0 Å². The van der Waals surface area contributed by atoms with Crippen molar-refractivity contribution >= 4 is 62.1 Å². The summed E-state index contributed by atoms with van der Waals surface area (Å²) in [6, 6.07) is 3.26. The molecule has 0 saturated carbocycles. The second-order valence-electron chi connectivity index (χ2n) is 2.89. The molecule has 0 unspecified atom stereocenters. The van der Waals surface area contributed by atoms with Gasteiger partial charge in [0.1, 0.15) is 5.01 Å². The van der Waals surface area contributed by atoms with Gasteiger partial charge in [0.05, 0.1) is 15.9 Å². The maximum atomic E-state index is 6.01. The van der Waals surface area contributed by atoms with Crippen molar-refractivity contribution in [3.8, 4) is 10.9 Å². The largest absolute Gasteiger partial charge is 0.428 e. The van der Waals surface area contributed by atoms with E-state index in [9.17, 15) is 0 Å². The monoisotopic (exact) mass is 372 g/mol. The number of aromatic nitrogens is 2. The molecule has 0 aliphatic heterocycles. The van der Waals surface area contributed by atoms with E-state index in [0.717, 1.165) is 0 Å². The Labute approximate surface area is 125 Å². The fraction of sp³-hybridized carbons (Fsp3) is 0.111. The van der Waals surface area contributed by atoms with Crippen molar-refractivity contribution < 1.29 is 4.74 Å². The third kappa shape index (κ3) is 3.23.